The predicted molar refractivity (Wildman–Crippen MR) is 117 cm³/mol. The number of oxazole rings is 1. The van der Waals surface area contributed by atoms with Crippen molar-refractivity contribution in [3.63, 3.8) is 0 Å². The van der Waals surface area contributed by atoms with Crippen molar-refractivity contribution < 1.29 is 32.2 Å². The van der Waals surface area contributed by atoms with Crippen LogP contribution in [0.1, 0.15) is 45.1 Å². The lowest BCUT2D eigenvalue weighted by atomic mass is 10.2. The molecule has 0 unspecified atom stereocenters. The van der Waals surface area contributed by atoms with E-state index in [2.05, 4.69) is 15.0 Å². The Labute approximate surface area is 190 Å². The van der Waals surface area contributed by atoms with Crippen molar-refractivity contribution in [1.29, 1.82) is 0 Å². The number of alkyl carbamates (subject to hydrolysis) is 1. The summed E-state index contributed by atoms with van der Waals surface area (Å²) in [5.41, 5.74) is 0.732. The molecule has 0 aliphatic rings. The van der Waals surface area contributed by atoms with Crippen molar-refractivity contribution >= 4 is 6.09 Å². The maximum atomic E-state index is 12.8. The average molecular weight is 460 g/mol. The Balaban J connectivity index is 1.77. The third-order valence-electron chi connectivity index (χ3n) is 4.33. The van der Waals surface area contributed by atoms with Crippen LogP contribution in [0.15, 0.2) is 59.1 Å². The minimum Gasteiger partial charge on any atom is -0.485 e. The largest absolute Gasteiger partial charge is 0.485 e. The first-order chi connectivity index (χ1) is 15.6. The molecule has 9 heteroatoms. The minimum absolute atomic E-state index is 0.101. The van der Waals surface area contributed by atoms with Gasteiger partial charge in [0, 0.05) is 5.56 Å². The molecule has 0 bridgehead atoms. The molecule has 0 spiro atoms. The van der Waals surface area contributed by atoms with Gasteiger partial charge >= 0.3 is 12.7 Å². The number of hydrogen-bond donors (Lipinski definition) is 1. The van der Waals surface area contributed by atoms with E-state index in [-0.39, 0.29) is 24.0 Å². The predicted octanol–water partition coefficient (Wildman–Crippen LogP) is 6.11. The van der Waals surface area contributed by atoms with Gasteiger partial charge in [-0.2, -0.15) is 8.78 Å². The second kappa shape index (κ2) is 10.3. The number of nitrogens with zero attached hydrogens (tertiary/aromatic N) is 1. The van der Waals surface area contributed by atoms with E-state index in [0.717, 1.165) is 5.56 Å². The van der Waals surface area contributed by atoms with Crippen molar-refractivity contribution in [2.75, 3.05) is 0 Å². The zero-order valence-electron chi connectivity index (χ0n) is 18.8. The highest BCUT2D eigenvalue weighted by atomic mass is 19.3. The summed E-state index contributed by atoms with van der Waals surface area (Å²) in [6, 6.07) is 13.2. The van der Waals surface area contributed by atoms with E-state index in [9.17, 15) is 13.6 Å². The van der Waals surface area contributed by atoms with Crippen molar-refractivity contribution in [1.82, 2.24) is 10.3 Å². The van der Waals surface area contributed by atoms with Crippen LogP contribution >= 0.6 is 0 Å². The van der Waals surface area contributed by atoms with Gasteiger partial charge in [-0.3, -0.25) is 0 Å². The minimum atomic E-state index is -3.00. The Morgan fingerprint density at radius 2 is 1.85 bits per heavy atom. The Morgan fingerprint density at radius 1 is 1.12 bits per heavy atom. The Kier molecular flexibility index (Phi) is 7.52. The van der Waals surface area contributed by atoms with Gasteiger partial charge < -0.3 is 23.9 Å². The maximum absolute atomic E-state index is 12.8. The van der Waals surface area contributed by atoms with Gasteiger partial charge in [0.25, 0.3) is 0 Å². The lowest BCUT2D eigenvalue weighted by molar-refractivity contribution is -0.0515. The second-order valence-electron chi connectivity index (χ2n) is 8.25. The normalized spacial score (nSPS) is 12.3. The fraction of sp³-hybridized carbons (Fsp3) is 0.333. The Bertz CT molecular complexity index is 1060. The first kappa shape index (κ1) is 24.0. The highest BCUT2D eigenvalue weighted by molar-refractivity contribution is 5.68. The molecule has 3 aromatic rings. The van der Waals surface area contributed by atoms with Crippen LogP contribution in [0.3, 0.4) is 0 Å². The maximum Gasteiger partial charge on any atom is 0.408 e. The number of rotatable bonds is 8. The van der Waals surface area contributed by atoms with Crippen LogP contribution in [0.5, 0.6) is 11.5 Å². The van der Waals surface area contributed by atoms with Crippen LogP contribution in [-0.2, 0) is 11.3 Å². The average Bonchev–Trinajstić information content (AvgIpc) is 3.22. The standard InChI is InChI=1S/C24H26F2N2O5/c1-15(28-23(29)33-24(2,3)4)20-13-27-21(31-20)17-10-11-18(32-22(25)26)19(12-17)30-14-16-8-6-5-7-9-16/h5-13,15,22H,14H2,1-4H3,(H,28,29)/t15-/m0/s1. The van der Waals surface area contributed by atoms with E-state index >= 15 is 0 Å². The number of aromatic nitrogens is 1. The summed E-state index contributed by atoms with van der Waals surface area (Å²) in [7, 11) is 0. The summed E-state index contributed by atoms with van der Waals surface area (Å²) in [5.74, 6) is 0.652. The van der Waals surface area contributed by atoms with E-state index in [0.29, 0.717) is 11.3 Å². The first-order valence-electron chi connectivity index (χ1n) is 10.3. The molecule has 0 aliphatic heterocycles. The molecule has 176 valence electrons. The number of nitrogens with one attached hydrogen (secondary N) is 1. The molecule has 1 atom stereocenters. The van der Waals surface area contributed by atoms with Crippen molar-refractivity contribution in [3.8, 4) is 23.0 Å². The second-order valence-corrected chi connectivity index (χ2v) is 8.25. The number of halogens is 2. The van der Waals surface area contributed by atoms with Crippen LogP contribution in [0.4, 0.5) is 13.6 Å². The summed E-state index contributed by atoms with van der Waals surface area (Å²) in [5, 5.41) is 2.68. The van der Waals surface area contributed by atoms with Crippen molar-refractivity contribution in [3.05, 3.63) is 66.1 Å². The highest BCUT2D eigenvalue weighted by Crippen LogP contribution is 2.34. The smallest absolute Gasteiger partial charge is 0.408 e. The van der Waals surface area contributed by atoms with E-state index in [4.69, 9.17) is 13.9 Å². The number of hydrogen-bond acceptors (Lipinski definition) is 6. The fourth-order valence-electron chi connectivity index (χ4n) is 2.86. The summed E-state index contributed by atoms with van der Waals surface area (Å²) < 4.78 is 47.0. The van der Waals surface area contributed by atoms with Crippen LogP contribution < -0.4 is 14.8 Å². The molecule has 7 nitrogen and oxygen atoms in total. The van der Waals surface area contributed by atoms with Gasteiger partial charge in [-0.05, 0) is 51.5 Å². The van der Waals surface area contributed by atoms with Crippen LogP contribution in [0, 0.1) is 0 Å². The summed E-state index contributed by atoms with van der Waals surface area (Å²) >= 11 is 0. The molecule has 1 aromatic heterocycles. The molecular weight excluding hydrogens is 434 g/mol. The molecular formula is C24H26F2N2O5. The molecule has 33 heavy (non-hydrogen) atoms. The number of ether oxygens (including phenoxy) is 3. The van der Waals surface area contributed by atoms with Crippen LogP contribution in [0.2, 0.25) is 0 Å². The van der Waals surface area contributed by atoms with Crippen molar-refractivity contribution in [2.45, 2.75) is 52.6 Å². The molecule has 3 rings (SSSR count). The topological polar surface area (TPSA) is 82.8 Å². The van der Waals surface area contributed by atoms with Gasteiger partial charge in [-0.1, -0.05) is 30.3 Å². The van der Waals surface area contributed by atoms with Crippen molar-refractivity contribution in [2.24, 2.45) is 0 Å². The van der Waals surface area contributed by atoms with E-state index in [1.54, 1.807) is 27.7 Å². The monoisotopic (exact) mass is 460 g/mol. The van der Waals surface area contributed by atoms with Gasteiger partial charge in [-0.25, -0.2) is 9.78 Å². The zero-order chi connectivity index (χ0) is 24.0. The highest BCUT2D eigenvalue weighted by Gasteiger charge is 2.21. The first-order valence-corrected chi connectivity index (χ1v) is 10.3. The molecule has 0 fully saturated rings. The summed E-state index contributed by atoms with van der Waals surface area (Å²) in [4.78, 5) is 16.2. The number of alkyl halides is 2. The fourth-order valence-corrected chi connectivity index (χ4v) is 2.86. The van der Waals surface area contributed by atoms with Gasteiger partial charge in [0.1, 0.15) is 18.0 Å². The summed E-state index contributed by atoms with van der Waals surface area (Å²) in [6.45, 7) is 4.19. The molecule has 0 saturated heterocycles. The molecule has 0 aliphatic carbocycles. The van der Waals surface area contributed by atoms with E-state index in [1.165, 1.54) is 24.4 Å². The number of carbonyl (C=O) groups is 1. The quantitative estimate of drug-likeness (QED) is 0.437. The Morgan fingerprint density at radius 3 is 2.52 bits per heavy atom. The zero-order valence-corrected chi connectivity index (χ0v) is 18.8. The Hall–Kier alpha value is -3.62. The lowest BCUT2D eigenvalue weighted by Crippen LogP contribution is -2.33. The van der Waals surface area contributed by atoms with Gasteiger partial charge in [0.05, 0.1) is 12.2 Å². The van der Waals surface area contributed by atoms with Gasteiger partial charge in [0.15, 0.2) is 11.5 Å². The molecule has 0 radical (unpaired) electrons. The van der Waals surface area contributed by atoms with E-state index in [1.807, 2.05) is 30.3 Å². The number of amides is 1. The molecule has 1 amide bonds. The molecule has 0 saturated carbocycles. The van der Waals surface area contributed by atoms with Crippen LogP contribution in [0.25, 0.3) is 11.5 Å². The van der Waals surface area contributed by atoms with Gasteiger partial charge in [0.2, 0.25) is 5.89 Å². The summed E-state index contributed by atoms with van der Waals surface area (Å²) in [6.07, 6.45) is 0.892. The third kappa shape index (κ3) is 7.20. The number of benzene rings is 2. The molecule has 1 heterocycles. The molecule has 2 aromatic carbocycles. The van der Waals surface area contributed by atoms with Gasteiger partial charge in [-0.15, -0.1) is 0 Å². The molecule has 1 N–H and O–H groups in total. The lowest BCUT2D eigenvalue weighted by Gasteiger charge is -2.21. The SMILES string of the molecule is C[C@H](NC(=O)OC(C)(C)C)c1cnc(-c2ccc(OC(F)F)c(OCc3ccccc3)c2)o1. The number of carbonyl (C=O) groups excluding carboxylic acids is 1. The van der Waals surface area contributed by atoms with E-state index < -0.39 is 24.3 Å². The third-order valence-corrected chi connectivity index (χ3v) is 4.33. The van der Waals surface area contributed by atoms with Crippen LogP contribution in [-0.4, -0.2) is 23.3 Å².